The summed E-state index contributed by atoms with van der Waals surface area (Å²) in [5.74, 6) is 3.15. The van der Waals surface area contributed by atoms with Crippen LogP contribution in [-0.2, 0) is 0 Å². The van der Waals surface area contributed by atoms with Gasteiger partial charge in [0.05, 0.1) is 5.02 Å². The van der Waals surface area contributed by atoms with Crippen LogP contribution in [0, 0.1) is 23.6 Å². The minimum absolute atomic E-state index is 0.241. The van der Waals surface area contributed by atoms with E-state index >= 15 is 0 Å². The monoisotopic (exact) mass is 322 g/mol. The Kier molecular flexibility index (Phi) is 5.44. The molecule has 0 amide bonds. The summed E-state index contributed by atoms with van der Waals surface area (Å²) in [5, 5.41) is 0.241. The highest BCUT2D eigenvalue weighted by atomic mass is 35.5. The van der Waals surface area contributed by atoms with Gasteiger partial charge < -0.3 is 0 Å². The van der Waals surface area contributed by atoms with E-state index in [9.17, 15) is 4.39 Å². The lowest BCUT2D eigenvalue weighted by Crippen LogP contribution is -2.25. The van der Waals surface area contributed by atoms with Crippen LogP contribution in [0.25, 0.3) is 0 Å². The molecule has 2 saturated carbocycles. The van der Waals surface area contributed by atoms with Crippen molar-refractivity contribution >= 4 is 11.6 Å². The Bertz CT molecular complexity index is 482. The average Bonchev–Trinajstić information content (AvgIpc) is 2.58. The molecule has 3 rings (SSSR count). The molecule has 0 unspecified atom stereocenters. The van der Waals surface area contributed by atoms with Crippen LogP contribution in [0.2, 0.25) is 5.02 Å². The van der Waals surface area contributed by atoms with Gasteiger partial charge in [-0.15, -0.1) is 0 Å². The molecule has 2 fully saturated rings. The maximum Gasteiger partial charge on any atom is 0.142 e. The fourth-order valence-electron chi connectivity index (χ4n) is 4.76. The van der Waals surface area contributed by atoms with Gasteiger partial charge in [-0.1, -0.05) is 43.9 Å². The molecule has 0 N–H and O–H groups in total. The zero-order valence-corrected chi connectivity index (χ0v) is 14.4. The third-order valence-corrected chi connectivity index (χ3v) is 6.63. The van der Waals surface area contributed by atoms with Gasteiger partial charge in [0.1, 0.15) is 5.82 Å². The van der Waals surface area contributed by atoms with E-state index in [4.69, 9.17) is 11.6 Å². The molecular weight excluding hydrogens is 295 g/mol. The molecule has 0 heterocycles. The number of benzene rings is 1. The van der Waals surface area contributed by atoms with Crippen LogP contribution in [-0.4, -0.2) is 0 Å². The average molecular weight is 323 g/mol. The predicted molar refractivity (Wildman–Crippen MR) is 91.8 cm³/mol. The minimum atomic E-state index is -0.265. The third-order valence-electron chi connectivity index (χ3n) is 6.32. The summed E-state index contributed by atoms with van der Waals surface area (Å²) in [7, 11) is 0. The van der Waals surface area contributed by atoms with Gasteiger partial charge in [-0.05, 0) is 79.9 Å². The second-order valence-corrected chi connectivity index (χ2v) is 7.88. The highest BCUT2D eigenvalue weighted by molar-refractivity contribution is 6.30. The molecule has 2 heteroatoms. The fraction of sp³-hybridized carbons (Fsp3) is 0.700. The summed E-state index contributed by atoms with van der Waals surface area (Å²) in [6, 6.07) is 5.38. The fourth-order valence-corrected chi connectivity index (χ4v) is 4.88. The largest absolute Gasteiger partial charge is 0.205 e. The van der Waals surface area contributed by atoms with Crippen molar-refractivity contribution in [3.8, 4) is 0 Å². The van der Waals surface area contributed by atoms with Crippen molar-refractivity contribution in [2.75, 3.05) is 0 Å². The minimum Gasteiger partial charge on any atom is -0.205 e. The summed E-state index contributed by atoms with van der Waals surface area (Å²) >= 11 is 5.79. The number of rotatable bonds is 3. The van der Waals surface area contributed by atoms with E-state index in [-0.39, 0.29) is 10.8 Å². The highest BCUT2D eigenvalue weighted by Gasteiger charge is 2.31. The summed E-state index contributed by atoms with van der Waals surface area (Å²) in [4.78, 5) is 0. The van der Waals surface area contributed by atoms with E-state index in [0.717, 1.165) is 23.3 Å². The summed E-state index contributed by atoms with van der Waals surface area (Å²) in [6.45, 7) is 2.33. The molecule has 1 aromatic rings. The van der Waals surface area contributed by atoms with Crippen molar-refractivity contribution in [1.29, 1.82) is 0 Å². The Hall–Kier alpha value is -0.560. The first-order chi connectivity index (χ1) is 10.7. The van der Waals surface area contributed by atoms with Gasteiger partial charge in [0.2, 0.25) is 0 Å². The zero-order chi connectivity index (χ0) is 15.5. The standard InChI is InChI=1S/C20H28ClF/c1-2-14-3-5-15(6-4-14)16-7-9-17(10-8-16)18-11-12-19(21)20(22)13-18/h11-17H,2-10H2,1H3. The predicted octanol–water partition coefficient (Wildman–Crippen LogP) is 6.97. The molecule has 0 spiro atoms. The van der Waals surface area contributed by atoms with E-state index in [1.807, 2.05) is 6.07 Å². The van der Waals surface area contributed by atoms with E-state index in [2.05, 4.69) is 6.92 Å². The molecule has 0 aromatic heterocycles. The first-order valence-electron chi connectivity index (χ1n) is 9.12. The SMILES string of the molecule is CCC1CCC(C2CCC(c3ccc(Cl)c(F)c3)CC2)CC1. The van der Waals surface area contributed by atoms with Gasteiger partial charge in [-0.25, -0.2) is 4.39 Å². The Morgan fingerprint density at radius 3 is 2.09 bits per heavy atom. The van der Waals surface area contributed by atoms with Gasteiger partial charge in [0.15, 0.2) is 0 Å². The highest BCUT2D eigenvalue weighted by Crippen LogP contribution is 2.44. The Morgan fingerprint density at radius 2 is 1.55 bits per heavy atom. The lowest BCUT2D eigenvalue weighted by atomic mass is 9.68. The van der Waals surface area contributed by atoms with Crippen molar-refractivity contribution in [2.45, 2.75) is 70.6 Å². The Labute approximate surface area is 139 Å². The maximum atomic E-state index is 13.6. The summed E-state index contributed by atoms with van der Waals surface area (Å²) in [5.41, 5.74) is 1.15. The van der Waals surface area contributed by atoms with Crippen molar-refractivity contribution < 1.29 is 4.39 Å². The normalized spacial score (nSPS) is 32.9. The number of hydrogen-bond acceptors (Lipinski definition) is 0. The number of halogens is 2. The molecule has 0 aliphatic heterocycles. The second kappa shape index (κ2) is 7.34. The molecule has 0 nitrogen and oxygen atoms in total. The lowest BCUT2D eigenvalue weighted by Gasteiger charge is -2.38. The zero-order valence-electron chi connectivity index (χ0n) is 13.7. The van der Waals surface area contributed by atoms with Crippen LogP contribution in [0.1, 0.15) is 76.2 Å². The Morgan fingerprint density at radius 1 is 0.955 bits per heavy atom. The summed E-state index contributed by atoms with van der Waals surface area (Å²) in [6.07, 6.45) is 12.3. The second-order valence-electron chi connectivity index (χ2n) is 7.47. The lowest BCUT2D eigenvalue weighted by molar-refractivity contribution is 0.158. The molecule has 0 atom stereocenters. The van der Waals surface area contributed by atoms with Crippen molar-refractivity contribution in [3.05, 3.63) is 34.6 Å². The molecule has 0 saturated heterocycles. The third kappa shape index (κ3) is 3.67. The van der Waals surface area contributed by atoms with Gasteiger partial charge in [-0.2, -0.15) is 0 Å². The summed E-state index contributed by atoms with van der Waals surface area (Å²) < 4.78 is 13.6. The molecule has 2 aliphatic rings. The van der Waals surface area contributed by atoms with Gasteiger partial charge in [0, 0.05) is 0 Å². The molecule has 1 aromatic carbocycles. The van der Waals surface area contributed by atoms with Crippen LogP contribution >= 0.6 is 11.6 Å². The van der Waals surface area contributed by atoms with E-state index < -0.39 is 0 Å². The van der Waals surface area contributed by atoms with E-state index in [0.29, 0.717) is 5.92 Å². The van der Waals surface area contributed by atoms with Gasteiger partial charge in [0.25, 0.3) is 0 Å². The first kappa shape index (κ1) is 16.3. The molecule has 122 valence electrons. The van der Waals surface area contributed by atoms with E-state index in [1.165, 1.54) is 57.8 Å². The molecule has 0 bridgehead atoms. The Balaban J connectivity index is 1.53. The number of hydrogen-bond donors (Lipinski definition) is 0. The van der Waals surface area contributed by atoms with Crippen LogP contribution < -0.4 is 0 Å². The van der Waals surface area contributed by atoms with Crippen LogP contribution in [0.5, 0.6) is 0 Å². The van der Waals surface area contributed by atoms with Crippen LogP contribution in [0.3, 0.4) is 0 Å². The maximum absolute atomic E-state index is 13.6. The molecule has 0 radical (unpaired) electrons. The first-order valence-corrected chi connectivity index (χ1v) is 9.50. The van der Waals surface area contributed by atoms with E-state index in [1.54, 1.807) is 12.1 Å². The van der Waals surface area contributed by atoms with Gasteiger partial charge >= 0.3 is 0 Å². The van der Waals surface area contributed by atoms with Crippen LogP contribution in [0.15, 0.2) is 18.2 Å². The van der Waals surface area contributed by atoms with Crippen molar-refractivity contribution in [1.82, 2.24) is 0 Å². The van der Waals surface area contributed by atoms with Crippen molar-refractivity contribution in [2.24, 2.45) is 17.8 Å². The molecule has 22 heavy (non-hydrogen) atoms. The molecule has 2 aliphatic carbocycles. The van der Waals surface area contributed by atoms with Crippen molar-refractivity contribution in [3.63, 3.8) is 0 Å². The molecular formula is C20H28ClF. The smallest absolute Gasteiger partial charge is 0.142 e. The topological polar surface area (TPSA) is 0 Å². The van der Waals surface area contributed by atoms with Gasteiger partial charge in [-0.3, -0.25) is 0 Å². The quantitative estimate of drug-likeness (QED) is 0.563. The van der Waals surface area contributed by atoms with Crippen LogP contribution in [0.4, 0.5) is 4.39 Å².